The van der Waals surface area contributed by atoms with Crippen molar-refractivity contribution in [2.45, 2.75) is 6.42 Å². The Bertz CT molecular complexity index is 514. The molecule has 0 bridgehead atoms. The minimum atomic E-state index is -0.962. The van der Waals surface area contributed by atoms with Crippen LogP contribution in [0.25, 0.3) is 0 Å². The molecule has 2 rings (SSSR count). The highest BCUT2D eigenvalue weighted by atomic mass is 19.1. The van der Waals surface area contributed by atoms with Crippen molar-refractivity contribution in [1.29, 1.82) is 0 Å². The molecule has 5 nitrogen and oxygen atoms in total. The molecule has 0 spiro atoms. The van der Waals surface area contributed by atoms with Crippen LogP contribution < -0.4 is 10.6 Å². The molecule has 2 N–H and O–H groups in total. The van der Waals surface area contributed by atoms with Crippen molar-refractivity contribution < 1.29 is 18.4 Å². The summed E-state index contributed by atoms with van der Waals surface area (Å²) in [6, 6.07) is 2.67. The lowest BCUT2D eigenvalue weighted by molar-refractivity contribution is -0.143. The maximum atomic E-state index is 13.4. The zero-order valence-corrected chi connectivity index (χ0v) is 10.8. The molecule has 0 aromatic heterocycles. The van der Waals surface area contributed by atoms with Crippen LogP contribution in [0.1, 0.15) is 6.42 Å². The Morgan fingerprint density at radius 1 is 1.20 bits per heavy atom. The number of hydrogen-bond donors (Lipinski definition) is 2. The molecule has 1 heterocycles. The quantitative estimate of drug-likeness (QED) is 0.747. The Kier molecular flexibility index (Phi) is 4.62. The number of nitrogens with one attached hydrogen (secondary N) is 2. The summed E-state index contributed by atoms with van der Waals surface area (Å²) in [5.41, 5.74) is -0.337. The summed E-state index contributed by atoms with van der Waals surface area (Å²) >= 11 is 0. The zero-order valence-electron chi connectivity index (χ0n) is 10.8. The van der Waals surface area contributed by atoms with Crippen molar-refractivity contribution in [3.63, 3.8) is 0 Å². The van der Waals surface area contributed by atoms with Crippen molar-refractivity contribution >= 4 is 17.5 Å². The van der Waals surface area contributed by atoms with E-state index < -0.39 is 23.4 Å². The Morgan fingerprint density at radius 2 is 2.00 bits per heavy atom. The van der Waals surface area contributed by atoms with Crippen LogP contribution in [0.2, 0.25) is 0 Å². The van der Waals surface area contributed by atoms with E-state index in [1.165, 1.54) is 4.90 Å². The predicted octanol–water partition coefficient (Wildman–Crippen LogP) is 0.725. The van der Waals surface area contributed by atoms with E-state index in [1.54, 1.807) is 0 Å². The second-order valence-corrected chi connectivity index (χ2v) is 4.47. The molecule has 7 heteroatoms. The van der Waals surface area contributed by atoms with Gasteiger partial charge in [-0.1, -0.05) is 0 Å². The summed E-state index contributed by atoms with van der Waals surface area (Å²) in [7, 11) is 0. The molecule has 1 fully saturated rings. The van der Waals surface area contributed by atoms with Gasteiger partial charge in [0.25, 0.3) is 0 Å². The van der Waals surface area contributed by atoms with Gasteiger partial charge in [0.2, 0.25) is 0 Å². The molecule has 0 atom stereocenters. The smallest absolute Gasteiger partial charge is 0.313 e. The average Bonchev–Trinajstić information content (AvgIpc) is 2.71. The first-order valence-corrected chi connectivity index (χ1v) is 6.34. The normalized spacial score (nSPS) is 15.6. The van der Waals surface area contributed by atoms with Crippen LogP contribution in [0.3, 0.4) is 0 Å². The van der Waals surface area contributed by atoms with Crippen molar-refractivity contribution in [2.75, 3.05) is 31.5 Å². The van der Waals surface area contributed by atoms with Gasteiger partial charge in [-0.2, -0.15) is 0 Å². The van der Waals surface area contributed by atoms with E-state index in [0.717, 1.165) is 31.2 Å². The summed E-state index contributed by atoms with van der Waals surface area (Å²) in [4.78, 5) is 25.1. The first-order chi connectivity index (χ1) is 9.58. The van der Waals surface area contributed by atoms with Crippen molar-refractivity contribution in [3.05, 3.63) is 29.8 Å². The molecule has 1 aliphatic heterocycles. The van der Waals surface area contributed by atoms with Gasteiger partial charge in [-0.3, -0.25) is 9.59 Å². The highest BCUT2D eigenvalue weighted by Crippen LogP contribution is 2.15. The maximum Gasteiger partial charge on any atom is 0.313 e. The fourth-order valence-corrected chi connectivity index (χ4v) is 1.96. The average molecular weight is 283 g/mol. The third-order valence-corrected chi connectivity index (χ3v) is 3.00. The number of carbonyl (C=O) groups is 2. The highest BCUT2D eigenvalue weighted by Gasteiger charge is 2.23. The van der Waals surface area contributed by atoms with E-state index in [4.69, 9.17) is 0 Å². The molecule has 20 heavy (non-hydrogen) atoms. The molecule has 0 unspecified atom stereocenters. The minimum Gasteiger partial charge on any atom is -0.333 e. The van der Waals surface area contributed by atoms with E-state index in [1.807, 2.05) is 0 Å². The summed E-state index contributed by atoms with van der Waals surface area (Å²) in [6.07, 6.45) is 0.743. The van der Waals surface area contributed by atoms with E-state index in [2.05, 4.69) is 10.6 Å². The number of hydrogen-bond acceptors (Lipinski definition) is 3. The topological polar surface area (TPSA) is 61.4 Å². The van der Waals surface area contributed by atoms with E-state index in [9.17, 15) is 18.4 Å². The van der Waals surface area contributed by atoms with E-state index in [0.29, 0.717) is 19.6 Å². The number of benzene rings is 1. The number of anilines is 1. The van der Waals surface area contributed by atoms with Gasteiger partial charge in [-0.25, -0.2) is 8.78 Å². The van der Waals surface area contributed by atoms with Gasteiger partial charge in [0.05, 0.1) is 5.69 Å². The lowest BCUT2D eigenvalue weighted by atomic mass is 10.3. The fraction of sp³-hybridized carbons (Fsp3) is 0.385. The lowest BCUT2D eigenvalue weighted by Gasteiger charge is -2.19. The molecular formula is C13H15F2N3O2. The summed E-state index contributed by atoms with van der Waals surface area (Å²) in [5, 5.41) is 5.21. The van der Waals surface area contributed by atoms with Gasteiger partial charge in [0.15, 0.2) is 0 Å². The standard InChI is InChI=1S/C13H15F2N3O2/c14-9-2-3-10(15)11(8-9)17-12(19)13(20)18-6-1-4-16-5-7-18/h2-3,8,16H,1,4-7H2,(H,17,19). The molecule has 2 amide bonds. The van der Waals surface area contributed by atoms with Crippen LogP contribution in [0.15, 0.2) is 18.2 Å². The second-order valence-electron chi connectivity index (χ2n) is 4.47. The highest BCUT2D eigenvalue weighted by molar-refractivity contribution is 6.39. The predicted molar refractivity (Wildman–Crippen MR) is 69.1 cm³/mol. The summed E-state index contributed by atoms with van der Waals surface area (Å²) in [5.74, 6) is -3.17. The largest absolute Gasteiger partial charge is 0.333 e. The van der Waals surface area contributed by atoms with Gasteiger partial charge in [0.1, 0.15) is 11.6 Å². The first-order valence-electron chi connectivity index (χ1n) is 6.34. The van der Waals surface area contributed by atoms with E-state index >= 15 is 0 Å². The van der Waals surface area contributed by atoms with Gasteiger partial charge in [-0.15, -0.1) is 0 Å². The molecule has 1 aromatic carbocycles. The number of amides is 2. The Hall–Kier alpha value is -2.02. The first kappa shape index (κ1) is 14.4. The SMILES string of the molecule is O=C(Nc1cc(F)ccc1F)C(=O)N1CCCNCC1. The summed E-state index contributed by atoms with van der Waals surface area (Å²) in [6.45, 7) is 2.26. The lowest BCUT2D eigenvalue weighted by Crippen LogP contribution is -2.41. The second kappa shape index (κ2) is 6.42. The van der Waals surface area contributed by atoms with E-state index in [-0.39, 0.29) is 5.69 Å². The van der Waals surface area contributed by atoms with Crippen LogP contribution >= 0.6 is 0 Å². The third-order valence-electron chi connectivity index (χ3n) is 3.00. The number of nitrogens with zero attached hydrogens (tertiary/aromatic N) is 1. The molecule has 108 valence electrons. The van der Waals surface area contributed by atoms with Crippen LogP contribution in [0.4, 0.5) is 14.5 Å². The van der Waals surface area contributed by atoms with Gasteiger partial charge in [-0.05, 0) is 25.1 Å². The Balaban J connectivity index is 2.03. The monoisotopic (exact) mass is 283 g/mol. The Morgan fingerprint density at radius 3 is 2.80 bits per heavy atom. The van der Waals surface area contributed by atoms with Crippen molar-refractivity contribution in [2.24, 2.45) is 0 Å². The Labute approximate surface area is 114 Å². The summed E-state index contributed by atoms with van der Waals surface area (Å²) < 4.78 is 26.4. The maximum absolute atomic E-state index is 13.4. The minimum absolute atomic E-state index is 0.337. The van der Waals surface area contributed by atoms with Crippen LogP contribution in [-0.4, -0.2) is 42.9 Å². The molecule has 0 aliphatic carbocycles. The molecule has 1 aromatic rings. The van der Waals surface area contributed by atoms with Gasteiger partial charge < -0.3 is 15.5 Å². The van der Waals surface area contributed by atoms with Crippen LogP contribution in [-0.2, 0) is 9.59 Å². The molecule has 0 saturated carbocycles. The molecular weight excluding hydrogens is 268 g/mol. The molecule has 1 saturated heterocycles. The van der Waals surface area contributed by atoms with Gasteiger partial charge in [0, 0.05) is 25.7 Å². The number of halogens is 2. The third kappa shape index (κ3) is 3.51. The van der Waals surface area contributed by atoms with Crippen molar-refractivity contribution in [3.8, 4) is 0 Å². The number of carbonyl (C=O) groups excluding carboxylic acids is 2. The zero-order chi connectivity index (χ0) is 14.5. The molecule has 1 aliphatic rings. The molecule has 0 radical (unpaired) electrons. The van der Waals surface area contributed by atoms with Crippen molar-refractivity contribution in [1.82, 2.24) is 10.2 Å². The van der Waals surface area contributed by atoms with Crippen LogP contribution in [0, 0.1) is 11.6 Å². The number of rotatable bonds is 1. The van der Waals surface area contributed by atoms with Crippen LogP contribution in [0.5, 0.6) is 0 Å². The fourth-order valence-electron chi connectivity index (χ4n) is 1.96. The van der Waals surface area contributed by atoms with Gasteiger partial charge >= 0.3 is 11.8 Å².